The first kappa shape index (κ1) is 17.4. The summed E-state index contributed by atoms with van der Waals surface area (Å²) in [4.78, 5) is 21.2. The maximum Gasteiger partial charge on any atom is 0.410 e. The molecule has 1 aliphatic rings. The normalized spacial score (nSPS) is 16.3. The lowest BCUT2D eigenvalue weighted by atomic mass is 9.94. The molecule has 0 aliphatic carbocycles. The van der Waals surface area contributed by atoms with E-state index in [4.69, 9.17) is 9.47 Å². The monoisotopic (exact) mass is 325 g/mol. The number of carbonyl (C=O) groups is 1. The fraction of sp³-hybridized carbons (Fsp3) is 0.688. The molecule has 0 unspecified atom stereocenters. The summed E-state index contributed by atoms with van der Waals surface area (Å²) in [6, 6.07) is 0.192. The molecule has 0 saturated carbocycles. The smallest absolute Gasteiger partial charge is 0.410 e. The maximum absolute atomic E-state index is 12.7. The average Bonchev–Trinajstić information content (AvgIpc) is 2.48. The van der Waals surface area contributed by atoms with Crippen LogP contribution in [0.4, 0.5) is 9.18 Å². The Bertz CT molecular complexity index is 508. The van der Waals surface area contributed by atoms with Crippen molar-refractivity contribution in [2.24, 2.45) is 5.92 Å². The first-order valence-corrected chi connectivity index (χ1v) is 7.92. The molecular weight excluding hydrogens is 301 g/mol. The van der Waals surface area contributed by atoms with Gasteiger partial charge in [-0.05, 0) is 46.0 Å². The van der Waals surface area contributed by atoms with Crippen molar-refractivity contribution < 1.29 is 18.7 Å². The van der Waals surface area contributed by atoms with Gasteiger partial charge < -0.3 is 14.4 Å². The molecule has 1 aromatic heterocycles. The van der Waals surface area contributed by atoms with E-state index in [1.54, 1.807) is 4.90 Å². The van der Waals surface area contributed by atoms with Crippen LogP contribution in [0.25, 0.3) is 0 Å². The van der Waals surface area contributed by atoms with Crippen molar-refractivity contribution in [3.8, 4) is 6.01 Å². The highest BCUT2D eigenvalue weighted by atomic mass is 19.1. The molecule has 6 nitrogen and oxygen atoms in total. The Morgan fingerprint density at radius 1 is 1.30 bits per heavy atom. The van der Waals surface area contributed by atoms with E-state index in [-0.39, 0.29) is 12.1 Å². The van der Waals surface area contributed by atoms with Gasteiger partial charge in [0.2, 0.25) is 0 Å². The van der Waals surface area contributed by atoms with Crippen LogP contribution < -0.4 is 4.74 Å². The summed E-state index contributed by atoms with van der Waals surface area (Å²) >= 11 is 0. The number of nitrogens with zero attached hydrogens (tertiary/aromatic N) is 3. The topological polar surface area (TPSA) is 64.5 Å². The van der Waals surface area contributed by atoms with E-state index in [0.29, 0.717) is 25.6 Å². The molecule has 23 heavy (non-hydrogen) atoms. The van der Waals surface area contributed by atoms with Gasteiger partial charge in [-0.3, -0.25) is 0 Å². The zero-order valence-corrected chi connectivity index (χ0v) is 13.9. The van der Waals surface area contributed by atoms with Crippen LogP contribution >= 0.6 is 0 Å². The van der Waals surface area contributed by atoms with Crippen LogP contribution in [0.15, 0.2) is 12.4 Å². The van der Waals surface area contributed by atoms with Crippen LogP contribution in [0.2, 0.25) is 0 Å². The molecule has 128 valence electrons. The van der Waals surface area contributed by atoms with Crippen LogP contribution in [-0.2, 0) is 4.74 Å². The van der Waals surface area contributed by atoms with Crippen molar-refractivity contribution in [2.75, 3.05) is 19.7 Å². The fourth-order valence-electron chi connectivity index (χ4n) is 2.42. The van der Waals surface area contributed by atoms with Crippen molar-refractivity contribution in [3.05, 3.63) is 18.2 Å². The summed E-state index contributed by atoms with van der Waals surface area (Å²) in [5, 5.41) is 0. The summed E-state index contributed by atoms with van der Waals surface area (Å²) in [7, 11) is 0. The van der Waals surface area contributed by atoms with Gasteiger partial charge in [0.1, 0.15) is 5.60 Å². The third-order valence-corrected chi connectivity index (χ3v) is 3.62. The standard InChI is InChI=1S/C16H24FN3O3/c1-16(2,3)23-15(21)20-7-4-12(5-8-20)6-9-22-14-18-10-13(17)11-19-14/h10-12H,4-9H2,1-3H3. The van der Waals surface area contributed by atoms with Gasteiger partial charge in [-0.15, -0.1) is 0 Å². The number of hydrogen-bond acceptors (Lipinski definition) is 5. The lowest BCUT2D eigenvalue weighted by Gasteiger charge is -2.33. The predicted molar refractivity (Wildman–Crippen MR) is 82.6 cm³/mol. The van der Waals surface area contributed by atoms with Gasteiger partial charge in [0.15, 0.2) is 5.82 Å². The van der Waals surface area contributed by atoms with E-state index in [9.17, 15) is 9.18 Å². The predicted octanol–water partition coefficient (Wildman–Crippen LogP) is 3.03. The molecule has 1 aliphatic heterocycles. The number of likely N-dealkylation sites (tertiary alicyclic amines) is 1. The summed E-state index contributed by atoms with van der Waals surface area (Å²) in [5.41, 5.74) is -0.461. The summed E-state index contributed by atoms with van der Waals surface area (Å²) < 4.78 is 23.5. The molecule has 2 heterocycles. The third-order valence-electron chi connectivity index (χ3n) is 3.62. The molecule has 0 aromatic carbocycles. The van der Waals surface area contributed by atoms with Crippen LogP contribution in [0.1, 0.15) is 40.0 Å². The Hall–Kier alpha value is -1.92. The highest BCUT2D eigenvalue weighted by molar-refractivity contribution is 5.68. The number of piperidine rings is 1. The number of hydrogen-bond donors (Lipinski definition) is 0. The number of carbonyl (C=O) groups excluding carboxylic acids is 1. The molecule has 0 atom stereocenters. The molecule has 0 bridgehead atoms. The second-order valence-electron chi connectivity index (χ2n) is 6.73. The van der Waals surface area contributed by atoms with Crippen LogP contribution in [-0.4, -0.2) is 46.3 Å². The number of ether oxygens (including phenoxy) is 2. The first-order chi connectivity index (χ1) is 10.8. The highest BCUT2D eigenvalue weighted by Crippen LogP contribution is 2.22. The van der Waals surface area contributed by atoms with Crippen LogP contribution in [0.5, 0.6) is 6.01 Å². The van der Waals surface area contributed by atoms with Crippen molar-refractivity contribution in [1.82, 2.24) is 14.9 Å². The molecule has 2 rings (SSSR count). The quantitative estimate of drug-likeness (QED) is 0.851. The molecule has 1 saturated heterocycles. The van der Waals surface area contributed by atoms with E-state index < -0.39 is 11.4 Å². The van der Waals surface area contributed by atoms with E-state index in [2.05, 4.69) is 9.97 Å². The molecule has 1 aromatic rings. The van der Waals surface area contributed by atoms with Gasteiger partial charge in [-0.1, -0.05) is 0 Å². The van der Waals surface area contributed by atoms with Gasteiger partial charge in [0, 0.05) is 13.1 Å². The Balaban J connectivity index is 1.66. The Morgan fingerprint density at radius 3 is 2.48 bits per heavy atom. The molecule has 0 radical (unpaired) electrons. The Morgan fingerprint density at radius 2 is 1.91 bits per heavy atom. The third kappa shape index (κ3) is 6.00. The largest absolute Gasteiger partial charge is 0.463 e. The minimum absolute atomic E-state index is 0.192. The first-order valence-electron chi connectivity index (χ1n) is 7.92. The second kappa shape index (κ2) is 7.57. The Kier molecular flexibility index (Phi) is 5.74. The zero-order chi connectivity index (χ0) is 16.9. The van der Waals surface area contributed by atoms with Crippen molar-refractivity contribution in [3.63, 3.8) is 0 Å². The lowest BCUT2D eigenvalue weighted by Crippen LogP contribution is -2.41. The summed E-state index contributed by atoms with van der Waals surface area (Å²) in [5.74, 6) is 0.0148. The van der Waals surface area contributed by atoms with E-state index in [0.717, 1.165) is 31.7 Å². The van der Waals surface area contributed by atoms with Crippen molar-refractivity contribution in [2.45, 2.75) is 45.6 Å². The average molecular weight is 325 g/mol. The van der Waals surface area contributed by atoms with Gasteiger partial charge in [-0.25, -0.2) is 19.2 Å². The van der Waals surface area contributed by atoms with E-state index >= 15 is 0 Å². The van der Waals surface area contributed by atoms with Crippen molar-refractivity contribution >= 4 is 6.09 Å². The number of aromatic nitrogens is 2. The number of rotatable bonds is 4. The molecule has 1 amide bonds. The van der Waals surface area contributed by atoms with Gasteiger partial charge >= 0.3 is 12.1 Å². The van der Waals surface area contributed by atoms with E-state index in [1.807, 2.05) is 20.8 Å². The molecule has 0 spiro atoms. The number of amides is 1. The molecule has 1 fully saturated rings. The Labute approximate surface area is 136 Å². The maximum atomic E-state index is 12.7. The second-order valence-corrected chi connectivity index (χ2v) is 6.73. The van der Waals surface area contributed by atoms with Crippen LogP contribution in [0.3, 0.4) is 0 Å². The highest BCUT2D eigenvalue weighted by Gasteiger charge is 2.26. The summed E-state index contributed by atoms with van der Waals surface area (Å²) in [6.07, 6.45) is 4.64. The fourth-order valence-corrected chi connectivity index (χ4v) is 2.42. The molecular formula is C16H24FN3O3. The lowest BCUT2D eigenvalue weighted by molar-refractivity contribution is 0.0177. The molecule has 0 N–H and O–H groups in total. The van der Waals surface area contributed by atoms with Crippen molar-refractivity contribution in [1.29, 1.82) is 0 Å². The van der Waals surface area contributed by atoms with Gasteiger partial charge in [0.25, 0.3) is 0 Å². The van der Waals surface area contributed by atoms with E-state index in [1.165, 1.54) is 0 Å². The zero-order valence-electron chi connectivity index (χ0n) is 13.9. The SMILES string of the molecule is CC(C)(C)OC(=O)N1CCC(CCOc2ncc(F)cn2)CC1. The minimum Gasteiger partial charge on any atom is -0.463 e. The van der Waals surface area contributed by atoms with Gasteiger partial charge in [0.05, 0.1) is 19.0 Å². The summed E-state index contributed by atoms with van der Waals surface area (Å²) in [6.45, 7) is 7.49. The molecule has 7 heteroatoms. The van der Waals surface area contributed by atoms with Crippen LogP contribution in [0, 0.1) is 11.7 Å². The minimum atomic E-state index is -0.480. The van der Waals surface area contributed by atoms with Gasteiger partial charge in [-0.2, -0.15) is 0 Å². The number of halogens is 1.